The van der Waals surface area contributed by atoms with Gasteiger partial charge in [0.15, 0.2) is 0 Å². The number of hydrogen-bond donors (Lipinski definition) is 1. The van der Waals surface area contributed by atoms with Gasteiger partial charge in [-0.3, -0.25) is 4.79 Å². The first kappa shape index (κ1) is 14.8. The molecule has 0 spiro atoms. The molecule has 1 N–H and O–H groups in total. The van der Waals surface area contributed by atoms with Crippen molar-refractivity contribution in [3.8, 4) is 0 Å². The van der Waals surface area contributed by atoms with Crippen molar-refractivity contribution in [2.45, 2.75) is 46.6 Å². The monoisotopic (exact) mass is 234 g/mol. The van der Waals surface area contributed by atoms with Gasteiger partial charge in [-0.1, -0.05) is 20.8 Å². The summed E-state index contributed by atoms with van der Waals surface area (Å²) >= 11 is 0.699. The lowest BCUT2D eigenvalue weighted by Gasteiger charge is -2.25. The predicted octanol–water partition coefficient (Wildman–Crippen LogP) is 3.20. The Morgan fingerprint density at radius 3 is 2.33 bits per heavy atom. The van der Waals surface area contributed by atoms with E-state index >= 15 is 0 Å². The molecular weight excluding hydrogens is 212 g/mol. The molecule has 0 aromatic carbocycles. The first-order chi connectivity index (χ1) is 6.78. The Hall–Kier alpha value is -0.220. The highest BCUT2D eigenvalue weighted by Crippen LogP contribution is 2.19. The van der Waals surface area contributed by atoms with Crippen LogP contribution in [0, 0.1) is 11.8 Å². The molecule has 15 heavy (non-hydrogen) atoms. The van der Waals surface area contributed by atoms with Crippen LogP contribution in [0.25, 0.3) is 0 Å². The SMILES string of the molecule is CC(C)CC(C)C(=O)OC(C)(C)CSO. The van der Waals surface area contributed by atoms with Crippen LogP contribution < -0.4 is 0 Å². The molecule has 0 aliphatic heterocycles. The number of hydrogen-bond acceptors (Lipinski definition) is 4. The van der Waals surface area contributed by atoms with E-state index in [4.69, 9.17) is 9.29 Å². The molecule has 0 fully saturated rings. The third-order valence-electron chi connectivity index (χ3n) is 2.02. The third-order valence-corrected chi connectivity index (χ3v) is 2.84. The van der Waals surface area contributed by atoms with Gasteiger partial charge in [0.1, 0.15) is 5.60 Å². The molecule has 0 saturated heterocycles. The second-order valence-corrected chi connectivity index (χ2v) is 5.53. The summed E-state index contributed by atoms with van der Waals surface area (Å²) in [5.74, 6) is 0.631. The minimum atomic E-state index is -0.595. The van der Waals surface area contributed by atoms with Crippen molar-refractivity contribution in [1.29, 1.82) is 0 Å². The summed E-state index contributed by atoms with van der Waals surface area (Å²) < 4.78 is 14.0. The van der Waals surface area contributed by atoms with Gasteiger partial charge in [-0.25, -0.2) is 0 Å². The molecule has 0 saturated carbocycles. The van der Waals surface area contributed by atoms with Gasteiger partial charge in [0.25, 0.3) is 0 Å². The van der Waals surface area contributed by atoms with Crippen molar-refractivity contribution in [3.05, 3.63) is 0 Å². The quantitative estimate of drug-likeness (QED) is 0.566. The summed E-state index contributed by atoms with van der Waals surface area (Å²) in [6, 6.07) is 0. The van der Waals surface area contributed by atoms with Crippen LogP contribution in [0.5, 0.6) is 0 Å². The largest absolute Gasteiger partial charge is 0.458 e. The highest BCUT2D eigenvalue weighted by atomic mass is 32.2. The number of esters is 1. The van der Waals surface area contributed by atoms with Crippen molar-refractivity contribution in [2.24, 2.45) is 11.8 Å². The number of ether oxygens (including phenoxy) is 1. The van der Waals surface area contributed by atoms with Crippen LogP contribution in [0.4, 0.5) is 0 Å². The van der Waals surface area contributed by atoms with Gasteiger partial charge in [0.2, 0.25) is 0 Å². The average molecular weight is 234 g/mol. The Labute approximate surface area is 96.8 Å². The number of rotatable bonds is 6. The highest BCUT2D eigenvalue weighted by molar-refractivity contribution is 7.93. The maximum atomic E-state index is 11.7. The molecule has 0 aliphatic carbocycles. The Kier molecular flexibility index (Phi) is 6.29. The summed E-state index contributed by atoms with van der Waals surface area (Å²) in [6.45, 7) is 9.65. The van der Waals surface area contributed by atoms with E-state index in [0.717, 1.165) is 6.42 Å². The van der Waals surface area contributed by atoms with E-state index < -0.39 is 5.60 Å². The van der Waals surface area contributed by atoms with Crippen molar-refractivity contribution in [2.75, 3.05) is 5.75 Å². The Morgan fingerprint density at radius 1 is 1.40 bits per heavy atom. The first-order valence-corrected chi connectivity index (χ1v) is 6.22. The first-order valence-electron chi connectivity index (χ1n) is 5.27. The zero-order valence-electron chi connectivity index (χ0n) is 10.2. The van der Waals surface area contributed by atoms with E-state index in [-0.39, 0.29) is 11.9 Å². The molecule has 90 valence electrons. The summed E-state index contributed by atoms with van der Waals surface area (Å²) in [5.41, 5.74) is -0.595. The van der Waals surface area contributed by atoms with E-state index in [1.165, 1.54) is 0 Å². The number of carbonyl (C=O) groups is 1. The lowest BCUT2D eigenvalue weighted by molar-refractivity contribution is -0.159. The van der Waals surface area contributed by atoms with Crippen LogP contribution in [0.1, 0.15) is 41.0 Å². The van der Waals surface area contributed by atoms with Crippen molar-refractivity contribution >= 4 is 18.0 Å². The van der Waals surface area contributed by atoms with Crippen LogP contribution in [0.3, 0.4) is 0 Å². The topological polar surface area (TPSA) is 46.5 Å². The fraction of sp³-hybridized carbons (Fsp3) is 0.909. The van der Waals surface area contributed by atoms with Crippen LogP contribution in [-0.4, -0.2) is 21.9 Å². The van der Waals surface area contributed by atoms with Gasteiger partial charge >= 0.3 is 5.97 Å². The maximum Gasteiger partial charge on any atom is 0.309 e. The summed E-state index contributed by atoms with van der Waals surface area (Å²) in [7, 11) is 0. The average Bonchev–Trinajstić information content (AvgIpc) is 2.01. The number of carbonyl (C=O) groups excluding carboxylic acids is 1. The van der Waals surface area contributed by atoms with E-state index in [0.29, 0.717) is 23.7 Å². The highest BCUT2D eigenvalue weighted by Gasteiger charge is 2.26. The maximum absolute atomic E-state index is 11.7. The fourth-order valence-electron chi connectivity index (χ4n) is 1.36. The summed E-state index contributed by atoms with van der Waals surface area (Å²) in [4.78, 5) is 11.7. The van der Waals surface area contributed by atoms with Crippen molar-refractivity contribution in [1.82, 2.24) is 0 Å². The third kappa shape index (κ3) is 6.79. The lowest BCUT2D eigenvalue weighted by Crippen LogP contribution is -2.33. The molecule has 1 unspecified atom stereocenters. The fourth-order valence-corrected chi connectivity index (χ4v) is 1.73. The molecule has 3 nitrogen and oxygen atoms in total. The second kappa shape index (κ2) is 6.38. The molecule has 0 aliphatic rings. The van der Waals surface area contributed by atoms with Gasteiger partial charge in [-0.05, 0) is 38.2 Å². The van der Waals surface area contributed by atoms with Crippen molar-refractivity contribution < 1.29 is 14.1 Å². The van der Waals surface area contributed by atoms with Crippen LogP contribution in [0.15, 0.2) is 0 Å². The Morgan fingerprint density at radius 2 is 1.93 bits per heavy atom. The zero-order valence-corrected chi connectivity index (χ0v) is 11.1. The van der Waals surface area contributed by atoms with Gasteiger partial charge in [0.05, 0.1) is 11.7 Å². The normalized spacial score (nSPS) is 14.1. The smallest absolute Gasteiger partial charge is 0.309 e. The second-order valence-electron chi connectivity index (χ2n) is 4.98. The molecule has 1 atom stereocenters. The molecule has 0 heterocycles. The van der Waals surface area contributed by atoms with E-state index in [1.54, 1.807) is 13.8 Å². The van der Waals surface area contributed by atoms with Gasteiger partial charge < -0.3 is 9.29 Å². The predicted molar refractivity (Wildman–Crippen MR) is 63.9 cm³/mol. The van der Waals surface area contributed by atoms with E-state index in [1.807, 2.05) is 6.92 Å². The van der Waals surface area contributed by atoms with Crippen LogP contribution in [-0.2, 0) is 9.53 Å². The summed E-state index contributed by atoms with van der Waals surface area (Å²) in [5, 5.41) is 0. The van der Waals surface area contributed by atoms with Gasteiger partial charge in [0, 0.05) is 0 Å². The molecule has 0 rings (SSSR count). The van der Waals surface area contributed by atoms with E-state index in [2.05, 4.69) is 13.8 Å². The molecule has 4 heteroatoms. The molecular formula is C11H22O3S. The molecule has 0 bridgehead atoms. The van der Waals surface area contributed by atoms with Crippen LogP contribution in [0.2, 0.25) is 0 Å². The summed E-state index contributed by atoms with van der Waals surface area (Å²) in [6.07, 6.45) is 0.835. The molecule has 0 aromatic rings. The molecule has 0 amide bonds. The minimum Gasteiger partial charge on any atom is -0.458 e. The molecule has 0 radical (unpaired) electrons. The molecule has 0 aromatic heterocycles. The van der Waals surface area contributed by atoms with Crippen LogP contribution >= 0.6 is 12.0 Å². The zero-order chi connectivity index (χ0) is 12.1. The van der Waals surface area contributed by atoms with E-state index in [9.17, 15) is 4.79 Å². The Bertz CT molecular complexity index is 202. The van der Waals surface area contributed by atoms with Gasteiger partial charge in [-0.2, -0.15) is 0 Å². The Balaban J connectivity index is 4.11. The lowest BCUT2D eigenvalue weighted by atomic mass is 9.99. The van der Waals surface area contributed by atoms with Gasteiger partial charge in [-0.15, -0.1) is 0 Å². The standard InChI is InChI=1S/C11H22O3S/c1-8(2)6-9(3)10(12)14-11(4,5)7-15-13/h8-9,13H,6-7H2,1-5H3. The van der Waals surface area contributed by atoms with Crippen molar-refractivity contribution in [3.63, 3.8) is 0 Å². The minimum absolute atomic E-state index is 0.0760.